The first-order chi connectivity index (χ1) is 10.7. The van der Waals surface area contributed by atoms with E-state index in [9.17, 15) is 4.79 Å². The molecule has 0 unspecified atom stereocenters. The van der Waals surface area contributed by atoms with Crippen LogP contribution < -0.4 is 5.32 Å². The Labute approximate surface area is 131 Å². The molecule has 0 spiro atoms. The Balaban J connectivity index is 1.84. The maximum atomic E-state index is 12.0. The van der Waals surface area contributed by atoms with Crippen molar-refractivity contribution in [3.05, 3.63) is 52.9 Å². The molecule has 0 saturated heterocycles. The van der Waals surface area contributed by atoms with Gasteiger partial charge in [-0.3, -0.25) is 9.36 Å². The topological polar surface area (TPSA) is 59.8 Å². The van der Waals surface area contributed by atoms with Crippen LogP contribution in [0.5, 0.6) is 0 Å². The number of hydrogen-bond donors (Lipinski definition) is 1. The highest BCUT2D eigenvalue weighted by molar-refractivity contribution is 7.13. The maximum Gasteiger partial charge on any atom is 0.251 e. The molecule has 6 heteroatoms. The largest absolute Gasteiger partial charge is 0.352 e. The quantitative estimate of drug-likeness (QED) is 0.791. The summed E-state index contributed by atoms with van der Waals surface area (Å²) in [5, 5.41) is 2.89. The van der Waals surface area contributed by atoms with Crippen molar-refractivity contribution >= 4 is 17.2 Å². The number of rotatable bonds is 2. The molecule has 0 bridgehead atoms. The molecule has 1 amide bonds. The highest BCUT2D eigenvalue weighted by atomic mass is 32.1. The third-order valence-corrected chi connectivity index (χ3v) is 4.81. The number of imidazole rings is 1. The van der Waals surface area contributed by atoms with E-state index in [-0.39, 0.29) is 5.91 Å². The molecule has 2 aromatic heterocycles. The van der Waals surface area contributed by atoms with Gasteiger partial charge in [0.2, 0.25) is 0 Å². The number of fused-ring (bicyclic) bond motifs is 1. The summed E-state index contributed by atoms with van der Waals surface area (Å²) in [6.45, 7) is 2.69. The molecular formula is C16H14N4OS. The predicted octanol–water partition coefficient (Wildman–Crippen LogP) is 2.59. The van der Waals surface area contributed by atoms with Crippen LogP contribution >= 0.6 is 11.3 Å². The molecule has 5 nitrogen and oxygen atoms in total. The number of carbonyl (C=O) groups excluding carboxylic acids is 1. The van der Waals surface area contributed by atoms with Crippen LogP contribution in [0, 0.1) is 6.92 Å². The highest BCUT2D eigenvalue weighted by Crippen LogP contribution is 2.28. The SMILES string of the molecule is Cc1ncsc1-c1nccn1-c1ccc2c(c1)C(=O)NCC2. The Morgan fingerprint density at radius 3 is 3.05 bits per heavy atom. The first kappa shape index (κ1) is 13.2. The van der Waals surface area contributed by atoms with Gasteiger partial charge in [0.1, 0.15) is 0 Å². The van der Waals surface area contributed by atoms with Gasteiger partial charge in [0, 0.05) is 30.2 Å². The fraction of sp³-hybridized carbons (Fsp3) is 0.188. The molecule has 3 heterocycles. The lowest BCUT2D eigenvalue weighted by atomic mass is 10.00. The number of thiazole rings is 1. The molecule has 1 N–H and O–H groups in total. The molecule has 4 rings (SSSR count). The normalized spacial score (nSPS) is 13.8. The van der Waals surface area contributed by atoms with E-state index in [2.05, 4.69) is 15.3 Å². The fourth-order valence-electron chi connectivity index (χ4n) is 2.75. The maximum absolute atomic E-state index is 12.0. The molecule has 22 heavy (non-hydrogen) atoms. The van der Waals surface area contributed by atoms with Crippen LogP contribution in [0.25, 0.3) is 16.4 Å². The number of aromatic nitrogens is 3. The minimum atomic E-state index is -0.00117. The van der Waals surface area contributed by atoms with Crippen molar-refractivity contribution in [2.24, 2.45) is 0 Å². The summed E-state index contributed by atoms with van der Waals surface area (Å²) in [5.41, 5.74) is 5.58. The van der Waals surface area contributed by atoms with Gasteiger partial charge < -0.3 is 5.32 Å². The van der Waals surface area contributed by atoms with Crippen molar-refractivity contribution in [1.29, 1.82) is 0 Å². The first-order valence-electron chi connectivity index (χ1n) is 7.09. The summed E-state index contributed by atoms with van der Waals surface area (Å²) in [7, 11) is 0. The minimum absolute atomic E-state index is 0.00117. The minimum Gasteiger partial charge on any atom is -0.352 e. The molecule has 3 aromatic rings. The molecule has 1 aliphatic rings. The molecule has 0 aliphatic carbocycles. The zero-order valence-corrected chi connectivity index (χ0v) is 12.9. The van der Waals surface area contributed by atoms with Crippen LogP contribution in [-0.4, -0.2) is 27.0 Å². The van der Waals surface area contributed by atoms with Gasteiger partial charge >= 0.3 is 0 Å². The fourth-order valence-corrected chi connectivity index (χ4v) is 3.54. The van der Waals surface area contributed by atoms with Crippen LogP contribution in [0.3, 0.4) is 0 Å². The van der Waals surface area contributed by atoms with E-state index < -0.39 is 0 Å². The third kappa shape index (κ3) is 2.03. The molecule has 0 radical (unpaired) electrons. The molecule has 0 saturated carbocycles. The number of aryl methyl sites for hydroxylation is 1. The van der Waals surface area contributed by atoms with Crippen LogP contribution in [0.15, 0.2) is 36.1 Å². The monoisotopic (exact) mass is 310 g/mol. The highest BCUT2D eigenvalue weighted by Gasteiger charge is 2.18. The second-order valence-corrected chi connectivity index (χ2v) is 6.09. The Morgan fingerprint density at radius 2 is 2.23 bits per heavy atom. The summed E-state index contributed by atoms with van der Waals surface area (Å²) < 4.78 is 2.00. The van der Waals surface area contributed by atoms with Crippen LogP contribution in [0.4, 0.5) is 0 Å². The summed E-state index contributed by atoms with van der Waals surface area (Å²) >= 11 is 1.57. The van der Waals surface area contributed by atoms with Crippen molar-refractivity contribution in [3.8, 4) is 16.4 Å². The number of carbonyl (C=O) groups is 1. The van der Waals surface area contributed by atoms with Gasteiger partial charge in [-0.1, -0.05) is 6.07 Å². The Morgan fingerprint density at radius 1 is 1.32 bits per heavy atom. The lowest BCUT2D eigenvalue weighted by Gasteiger charge is -2.18. The Hall–Kier alpha value is -2.47. The number of benzene rings is 1. The molecule has 1 aliphatic heterocycles. The number of nitrogens with one attached hydrogen (secondary N) is 1. The van der Waals surface area contributed by atoms with E-state index in [1.165, 1.54) is 0 Å². The van der Waals surface area contributed by atoms with Crippen LogP contribution in [0.1, 0.15) is 21.6 Å². The van der Waals surface area contributed by atoms with E-state index in [0.29, 0.717) is 6.54 Å². The van der Waals surface area contributed by atoms with Gasteiger partial charge in [-0.05, 0) is 31.0 Å². The van der Waals surface area contributed by atoms with Gasteiger partial charge in [-0.15, -0.1) is 11.3 Å². The first-order valence-corrected chi connectivity index (χ1v) is 7.97. The average molecular weight is 310 g/mol. The molecule has 0 atom stereocenters. The second-order valence-electron chi connectivity index (χ2n) is 5.24. The van der Waals surface area contributed by atoms with E-state index in [1.54, 1.807) is 17.5 Å². The van der Waals surface area contributed by atoms with Crippen molar-refractivity contribution in [1.82, 2.24) is 19.9 Å². The second kappa shape index (κ2) is 5.06. The van der Waals surface area contributed by atoms with Crippen molar-refractivity contribution < 1.29 is 4.79 Å². The molecular weight excluding hydrogens is 296 g/mol. The zero-order chi connectivity index (χ0) is 15.1. The summed E-state index contributed by atoms with van der Waals surface area (Å²) in [4.78, 5) is 21.8. The number of nitrogens with zero attached hydrogens (tertiary/aromatic N) is 3. The van der Waals surface area contributed by atoms with Gasteiger partial charge in [0.05, 0.1) is 16.1 Å². The van der Waals surface area contributed by atoms with Crippen molar-refractivity contribution in [3.63, 3.8) is 0 Å². The predicted molar refractivity (Wildman–Crippen MR) is 85.4 cm³/mol. The summed E-state index contributed by atoms with van der Waals surface area (Å²) in [6, 6.07) is 6.01. The zero-order valence-electron chi connectivity index (χ0n) is 12.0. The number of amides is 1. The van der Waals surface area contributed by atoms with Gasteiger partial charge in [-0.2, -0.15) is 0 Å². The molecule has 1 aromatic carbocycles. The lowest BCUT2D eigenvalue weighted by Crippen LogP contribution is -2.31. The standard InChI is InChI=1S/C16H14N4OS/c1-10-14(22-9-19-10)15-17-6-7-20(15)12-3-2-11-4-5-18-16(21)13(11)8-12/h2-3,6-9H,4-5H2,1H3,(H,18,21). The molecule has 110 valence electrons. The van der Waals surface area contributed by atoms with Crippen molar-refractivity contribution in [2.45, 2.75) is 13.3 Å². The van der Waals surface area contributed by atoms with Gasteiger partial charge in [-0.25, -0.2) is 9.97 Å². The Kier molecular flexibility index (Phi) is 3.04. The van der Waals surface area contributed by atoms with E-state index in [4.69, 9.17) is 0 Å². The summed E-state index contributed by atoms with van der Waals surface area (Å²) in [5.74, 6) is 0.856. The van der Waals surface area contributed by atoms with E-state index >= 15 is 0 Å². The van der Waals surface area contributed by atoms with Crippen LogP contribution in [-0.2, 0) is 6.42 Å². The smallest absolute Gasteiger partial charge is 0.251 e. The third-order valence-electron chi connectivity index (χ3n) is 3.89. The van der Waals surface area contributed by atoms with E-state index in [0.717, 1.165) is 39.6 Å². The van der Waals surface area contributed by atoms with Gasteiger partial charge in [0.25, 0.3) is 5.91 Å². The Bertz CT molecular complexity index is 865. The van der Waals surface area contributed by atoms with Crippen LogP contribution in [0.2, 0.25) is 0 Å². The van der Waals surface area contributed by atoms with Crippen molar-refractivity contribution in [2.75, 3.05) is 6.54 Å². The van der Waals surface area contributed by atoms with Gasteiger partial charge in [0.15, 0.2) is 5.82 Å². The summed E-state index contributed by atoms with van der Waals surface area (Å²) in [6.07, 6.45) is 4.57. The van der Waals surface area contributed by atoms with E-state index in [1.807, 2.05) is 41.4 Å². The average Bonchev–Trinajstić information content (AvgIpc) is 3.15. The molecule has 0 fully saturated rings. The number of hydrogen-bond acceptors (Lipinski definition) is 4. The lowest BCUT2D eigenvalue weighted by molar-refractivity contribution is 0.0946.